The van der Waals surface area contributed by atoms with Crippen LogP contribution in [-0.4, -0.2) is 29.4 Å². The molecule has 0 unspecified atom stereocenters. The predicted molar refractivity (Wildman–Crippen MR) is 57.8 cm³/mol. The fourth-order valence-corrected chi connectivity index (χ4v) is 1.59. The number of carbonyl (C=O) groups excluding carboxylic acids is 1. The Morgan fingerprint density at radius 3 is 2.43 bits per heavy atom. The lowest BCUT2D eigenvalue weighted by molar-refractivity contribution is -0.133. The van der Waals surface area contributed by atoms with Crippen molar-refractivity contribution in [2.24, 2.45) is 11.7 Å². The lowest BCUT2D eigenvalue weighted by atomic mass is 10.1. The zero-order valence-electron chi connectivity index (χ0n) is 9.49. The summed E-state index contributed by atoms with van der Waals surface area (Å²) in [5.41, 5.74) is 5.77. The minimum absolute atomic E-state index is 0.142. The van der Waals surface area contributed by atoms with E-state index in [1.807, 2.05) is 11.8 Å². The fraction of sp³-hybridized carbons (Fsp3) is 0.909. The van der Waals surface area contributed by atoms with Gasteiger partial charge in [-0.2, -0.15) is 0 Å². The van der Waals surface area contributed by atoms with Gasteiger partial charge in [0.05, 0.1) is 6.04 Å². The minimum atomic E-state index is -0.297. The van der Waals surface area contributed by atoms with Crippen LogP contribution >= 0.6 is 0 Å². The van der Waals surface area contributed by atoms with Crippen molar-refractivity contribution in [3.05, 3.63) is 0 Å². The third-order valence-corrected chi connectivity index (χ3v) is 2.59. The molecule has 1 rings (SSSR count). The largest absolute Gasteiger partial charge is 0.338 e. The molecule has 1 aliphatic rings. The SMILES string of the molecule is CC[C@H](N)C(=O)N(CC(C)C)C1CC1. The highest BCUT2D eigenvalue weighted by Gasteiger charge is 2.34. The van der Waals surface area contributed by atoms with Crippen LogP contribution < -0.4 is 5.73 Å². The molecule has 0 heterocycles. The molecular weight excluding hydrogens is 176 g/mol. The van der Waals surface area contributed by atoms with E-state index in [4.69, 9.17) is 5.73 Å². The monoisotopic (exact) mass is 198 g/mol. The topological polar surface area (TPSA) is 46.3 Å². The van der Waals surface area contributed by atoms with E-state index < -0.39 is 0 Å². The molecule has 1 aliphatic carbocycles. The molecule has 1 saturated carbocycles. The molecule has 2 N–H and O–H groups in total. The molecule has 0 radical (unpaired) electrons. The molecule has 3 heteroatoms. The van der Waals surface area contributed by atoms with Gasteiger partial charge < -0.3 is 10.6 Å². The highest BCUT2D eigenvalue weighted by molar-refractivity contribution is 5.82. The van der Waals surface area contributed by atoms with Crippen molar-refractivity contribution in [1.29, 1.82) is 0 Å². The van der Waals surface area contributed by atoms with Gasteiger partial charge >= 0.3 is 0 Å². The number of hydrogen-bond acceptors (Lipinski definition) is 2. The molecule has 0 spiro atoms. The first-order valence-corrected chi connectivity index (χ1v) is 5.62. The summed E-state index contributed by atoms with van der Waals surface area (Å²) in [5.74, 6) is 0.673. The third kappa shape index (κ3) is 2.98. The second-order valence-electron chi connectivity index (χ2n) is 4.63. The van der Waals surface area contributed by atoms with Crippen LogP contribution in [0.15, 0.2) is 0 Å². The van der Waals surface area contributed by atoms with E-state index in [2.05, 4.69) is 13.8 Å². The normalized spacial score (nSPS) is 18.4. The third-order valence-electron chi connectivity index (χ3n) is 2.59. The minimum Gasteiger partial charge on any atom is -0.338 e. The first-order chi connectivity index (χ1) is 6.56. The van der Waals surface area contributed by atoms with Gasteiger partial charge in [-0.05, 0) is 25.2 Å². The van der Waals surface area contributed by atoms with Crippen LogP contribution in [0.1, 0.15) is 40.0 Å². The number of nitrogens with two attached hydrogens (primary N) is 1. The van der Waals surface area contributed by atoms with E-state index in [-0.39, 0.29) is 11.9 Å². The van der Waals surface area contributed by atoms with Gasteiger partial charge in [0, 0.05) is 12.6 Å². The van der Waals surface area contributed by atoms with Gasteiger partial charge in [0.2, 0.25) is 5.91 Å². The Balaban J connectivity index is 2.53. The van der Waals surface area contributed by atoms with Crippen LogP contribution in [0.4, 0.5) is 0 Å². The van der Waals surface area contributed by atoms with Crippen molar-refractivity contribution in [2.75, 3.05) is 6.54 Å². The molecule has 0 aromatic rings. The summed E-state index contributed by atoms with van der Waals surface area (Å²) in [4.78, 5) is 13.9. The smallest absolute Gasteiger partial charge is 0.239 e. The number of carbonyl (C=O) groups is 1. The van der Waals surface area contributed by atoms with Gasteiger partial charge in [0.1, 0.15) is 0 Å². The molecular formula is C11H22N2O. The maximum atomic E-state index is 11.9. The number of nitrogens with zero attached hydrogens (tertiary/aromatic N) is 1. The van der Waals surface area contributed by atoms with Crippen molar-refractivity contribution < 1.29 is 4.79 Å². The number of rotatable bonds is 5. The van der Waals surface area contributed by atoms with E-state index in [9.17, 15) is 4.79 Å². The summed E-state index contributed by atoms with van der Waals surface area (Å²) in [7, 11) is 0. The summed E-state index contributed by atoms with van der Waals surface area (Å²) in [5, 5.41) is 0. The molecule has 1 fully saturated rings. The molecule has 0 aromatic heterocycles. The average molecular weight is 198 g/mol. The molecule has 1 atom stereocenters. The average Bonchev–Trinajstić information content (AvgIpc) is 2.94. The van der Waals surface area contributed by atoms with E-state index >= 15 is 0 Å². The zero-order chi connectivity index (χ0) is 10.7. The van der Waals surface area contributed by atoms with E-state index in [1.165, 1.54) is 0 Å². The van der Waals surface area contributed by atoms with E-state index in [0.29, 0.717) is 12.0 Å². The van der Waals surface area contributed by atoms with Crippen molar-refractivity contribution in [3.63, 3.8) is 0 Å². The Kier molecular flexibility index (Phi) is 3.93. The maximum Gasteiger partial charge on any atom is 0.239 e. The van der Waals surface area contributed by atoms with Crippen molar-refractivity contribution >= 4 is 5.91 Å². The number of amides is 1. The zero-order valence-corrected chi connectivity index (χ0v) is 9.49. The summed E-state index contributed by atoms with van der Waals surface area (Å²) in [6.07, 6.45) is 3.06. The second kappa shape index (κ2) is 4.78. The Morgan fingerprint density at radius 2 is 2.07 bits per heavy atom. The summed E-state index contributed by atoms with van der Waals surface area (Å²) in [6, 6.07) is 0.192. The highest BCUT2D eigenvalue weighted by Crippen LogP contribution is 2.28. The lowest BCUT2D eigenvalue weighted by Crippen LogP contribution is -2.46. The first kappa shape index (κ1) is 11.5. The molecule has 0 saturated heterocycles. The second-order valence-corrected chi connectivity index (χ2v) is 4.63. The lowest BCUT2D eigenvalue weighted by Gasteiger charge is -2.26. The Labute approximate surface area is 86.6 Å². The van der Waals surface area contributed by atoms with Crippen molar-refractivity contribution in [1.82, 2.24) is 4.90 Å². The fourth-order valence-electron chi connectivity index (χ4n) is 1.59. The van der Waals surface area contributed by atoms with Gasteiger partial charge in [0.25, 0.3) is 0 Å². The molecule has 0 aromatic carbocycles. The van der Waals surface area contributed by atoms with E-state index in [1.54, 1.807) is 0 Å². The van der Waals surface area contributed by atoms with Gasteiger partial charge in [-0.3, -0.25) is 4.79 Å². The van der Waals surface area contributed by atoms with Gasteiger partial charge in [-0.15, -0.1) is 0 Å². The predicted octanol–water partition coefficient (Wildman–Crippen LogP) is 1.37. The summed E-state index contributed by atoms with van der Waals surface area (Å²) >= 11 is 0. The molecule has 82 valence electrons. The van der Waals surface area contributed by atoms with Crippen LogP contribution in [0.5, 0.6) is 0 Å². The maximum absolute atomic E-state index is 11.9. The van der Waals surface area contributed by atoms with Crippen LogP contribution in [-0.2, 0) is 4.79 Å². The number of hydrogen-bond donors (Lipinski definition) is 1. The summed E-state index contributed by atoms with van der Waals surface area (Å²) in [6.45, 7) is 7.10. The van der Waals surface area contributed by atoms with Crippen LogP contribution in [0.3, 0.4) is 0 Å². The molecule has 0 bridgehead atoms. The molecule has 3 nitrogen and oxygen atoms in total. The van der Waals surface area contributed by atoms with E-state index in [0.717, 1.165) is 25.8 Å². The van der Waals surface area contributed by atoms with Crippen LogP contribution in [0.25, 0.3) is 0 Å². The van der Waals surface area contributed by atoms with Gasteiger partial charge in [0.15, 0.2) is 0 Å². The molecule has 0 aliphatic heterocycles. The Morgan fingerprint density at radius 1 is 1.50 bits per heavy atom. The molecule has 1 amide bonds. The standard InChI is InChI=1S/C11H22N2O/c1-4-10(12)11(14)13(7-8(2)3)9-5-6-9/h8-10H,4-7,12H2,1-3H3/t10-/m0/s1. The van der Waals surface area contributed by atoms with Crippen molar-refractivity contribution in [2.45, 2.75) is 52.1 Å². The summed E-state index contributed by atoms with van der Waals surface area (Å²) < 4.78 is 0. The van der Waals surface area contributed by atoms with Gasteiger partial charge in [-0.25, -0.2) is 0 Å². The molecule has 14 heavy (non-hydrogen) atoms. The quantitative estimate of drug-likeness (QED) is 0.725. The Bertz CT molecular complexity index is 199. The van der Waals surface area contributed by atoms with Crippen LogP contribution in [0.2, 0.25) is 0 Å². The van der Waals surface area contributed by atoms with Crippen molar-refractivity contribution in [3.8, 4) is 0 Å². The Hall–Kier alpha value is -0.570. The highest BCUT2D eigenvalue weighted by atomic mass is 16.2. The first-order valence-electron chi connectivity index (χ1n) is 5.62. The van der Waals surface area contributed by atoms with Gasteiger partial charge in [-0.1, -0.05) is 20.8 Å². The van der Waals surface area contributed by atoms with Crippen LogP contribution in [0, 0.1) is 5.92 Å².